The van der Waals surface area contributed by atoms with E-state index in [9.17, 15) is 0 Å². The summed E-state index contributed by atoms with van der Waals surface area (Å²) < 4.78 is 5.88. The molecule has 1 N–H and O–H groups in total. The smallest absolute Gasteiger partial charge is 0.123 e. The van der Waals surface area contributed by atoms with Gasteiger partial charge in [-0.3, -0.25) is 0 Å². The number of rotatable bonds is 5. The molecule has 1 aliphatic carbocycles. The molecule has 1 aromatic heterocycles. The molecular formula is C17H21NO. The first kappa shape index (κ1) is 12.3. The van der Waals surface area contributed by atoms with Crippen molar-refractivity contribution in [2.45, 2.75) is 39.2 Å². The molecule has 2 heteroatoms. The highest BCUT2D eigenvalue weighted by atomic mass is 16.3. The summed E-state index contributed by atoms with van der Waals surface area (Å²) in [6.07, 6.45) is 2.36. The van der Waals surface area contributed by atoms with Crippen LogP contribution in [0, 0.1) is 5.92 Å². The molecule has 2 aromatic rings. The van der Waals surface area contributed by atoms with E-state index in [1.165, 1.54) is 12.0 Å². The minimum atomic E-state index is 0.664. The van der Waals surface area contributed by atoms with Gasteiger partial charge in [0.2, 0.25) is 0 Å². The number of benzene rings is 1. The minimum Gasteiger partial charge on any atom is -0.464 e. The van der Waals surface area contributed by atoms with Gasteiger partial charge in [-0.2, -0.15) is 0 Å². The van der Waals surface area contributed by atoms with Gasteiger partial charge >= 0.3 is 0 Å². The molecule has 19 heavy (non-hydrogen) atoms. The molecule has 0 aliphatic heterocycles. The van der Waals surface area contributed by atoms with Crippen molar-refractivity contribution < 1.29 is 4.42 Å². The molecule has 0 amide bonds. The third kappa shape index (κ3) is 2.83. The van der Waals surface area contributed by atoms with Gasteiger partial charge in [0.05, 0.1) is 6.54 Å². The Kier molecular flexibility index (Phi) is 3.33. The molecule has 0 spiro atoms. The average molecular weight is 255 g/mol. The van der Waals surface area contributed by atoms with Crippen LogP contribution in [0.4, 0.5) is 5.69 Å². The zero-order valence-corrected chi connectivity index (χ0v) is 11.6. The maximum Gasteiger partial charge on any atom is 0.123 e. The summed E-state index contributed by atoms with van der Waals surface area (Å²) in [7, 11) is 0. The van der Waals surface area contributed by atoms with E-state index in [1.807, 2.05) is 0 Å². The van der Waals surface area contributed by atoms with Crippen molar-refractivity contribution >= 4 is 5.69 Å². The van der Waals surface area contributed by atoms with Crippen LogP contribution in [0.25, 0.3) is 0 Å². The van der Waals surface area contributed by atoms with Crippen molar-refractivity contribution in [2.75, 3.05) is 5.32 Å². The Morgan fingerprint density at radius 1 is 1.16 bits per heavy atom. The highest BCUT2D eigenvalue weighted by Crippen LogP contribution is 2.47. The van der Waals surface area contributed by atoms with E-state index in [0.717, 1.165) is 36.1 Å². The van der Waals surface area contributed by atoms with Crippen molar-refractivity contribution in [3.63, 3.8) is 0 Å². The van der Waals surface area contributed by atoms with Crippen molar-refractivity contribution in [1.29, 1.82) is 0 Å². The Morgan fingerprint density at radius 2 is 1.89 bits per heavy atom. The Morgan fingerprint density at radius 3 is 2.53 bits per heavy atom. The van der Waals surface area contributed by atoms with Gasteiger partial charge in [0.15, 0.2) is 0 Å². The van der Waals surface area contributed by atoms with Gasteiger partial charge in [-0.1, -0.05) is 26.0 Å². The molecule has 2 unspecified atom stereocenters. The molecular weight excluding hydrogens is 234 g/mol. The van der Waals surface area contributed by atoms with Crippen LogP contribution in [0.15, 0.2) is 40.8 Å². The second-order valence-electron chi connectivity index (χ2n) is 5.53. The number of hydrogen-bond donors (Lipinski definition) is 1. The number of furan rings is 1. The molecule has 1 saturated carbocycles. The second-order valence-corrected chi connectivity index (χ2v) is 5.53. The molecule has 1 heterocycles. The lowest BCUT2D eigenvalue weighted by atomic mass is 10.1. The highest BCUT2D eigenvalue weighted by molar-refractivity contribution is 5.44. The lowest BCUT2D eigenvalue weighted by molar-refractivity contribution is 0.468. The van der Waals surface area contributed by atoms with E-state index in [1.54, 1.807) is 0 Å². The lowest BCUT2D eigenvalue weighted by Crippen LogP contribution is -1.98. The Labute approximate surface area is 114 Å². The van der Waals surface area contributed by atoms with Crippen LogP contribution < -0.4 is 5.32 Å². The molecule has 1 aliphatic rings. The maximum absolute atomic E-state index is 5.88. The predicted octanol–water partition coefficient (Wildman–Crippen LogP) is 4.58. The van der Waals surface area contributed by atoms with Crippen molar-refractivity contribution in [3.05, 3.63) is 53.5 Å². The van der Waals surface area contributed by atoms with E-state index in [0.29, 0.717) is 5.92 Å². The minimum absolute atomic E-state index is 0.664. The maximum atomic E-state index is 5.88. The average Bonchev–Trinajstić information content (AvgIpc) is 3.00. The van der Waals surface area contributed by atoms with Gasteiger partial charge in [-0.25, -0.2) is 0 Å². The Bertz CT molecular complexity index is 541. The van der Waals surface area contributed by atoms with Gasteiger partial charge in [0.1, 0.15) is 11.5 Å². The number of hydrogen-bond acceptors (Lipinski definition) is 2. The number of nitrogens with one attached hydrogen (secondary N) is 1. The highest BCUT2D eigenvalue weighted by Gasteiger charge is 2.36. The standard InChI is InChI=1S/C17H21NO/c1-3-13-4-6-14(7-5-13)18-11-15-8-9-17(19-15)16-10-12(16)2/h4-9,12,16,18H,3,10-11H2,1-2H3. The quantitative estimate of drug-likeness (QED) is 0.846. The van der Waals surface area contributed by atoms with Gasteiger partial charge in [0, 0.05) is 11.6 Å². The number of aryl methyl sites for hydroxylation is 1. The summed E-state index contributed by atoms with van der Waals surface area (Å²) in [4.78, 5) is 0. The van der Waals surface area contributed by atoms with Crippen LogP contribution in [-0.4, -0.2) is 0 Å². The SMILES string of the molecule is CCc1ccc(NCc2ccc(C3CC3C)o2)cc1. The Balaban J connectivity index is 1.57. The molecule has 0 radical (unpaired) electrons. The zero-order chi connectivity index (χ0) is 13.2. The van der Waals surface area contributed by atoms with Crippen LogP contribution in [0.2, 0.25) is 0 Å². The molecule has 0 saturated heterocycles. The second kappa shape index (κ2) is 5.12. The summed E-state index contributed by atoms with van der Waals surface area (Å²) >= 11 is 0. The van der Waals surface area contributed by atoms with Crippen molar-refractivity contribution in [1.82, 2.24) is 0 Å². The van der Waals surface area contributed by atoms with E-state index < -0.39 is 0 Å². The first-order chi connectivity index (χ1) is 9.26. The van der Waals surface area contributed by atoms with E-state index in [4.69, 9.17) is 4.42 Å². The normalized spacial score (nSPS) is 21.4. The summed E-state index contributed by atoms with van der Waals surface area (Å²) in [6, 6.07) is 12.8. The fourth-order valence-corrected chi connectivity index (χ4v) is 2.45. The zero-order valence-electron chi connectivity index (χ0n) is 11.6. The Hall–Kier alpha value is -1.70. The first-order valence-electron chi connectivity index (χ1n) is 7.17. The fraction of sp³-hybridized carbons (Fsp3) is 0.412. The molecule has 3 rings (SSSR count). The largest absolute Gasteiger partial charge is 0.464 e. The van der Waals surface area contributed by atoms with Crippen LogP contribution >= 0.6 is 0 Å². The summed E-state index contributed by atoms with van der Waals surface area (Å²) in [5.74, 6) is 3.64. The van der Waals surface area contributed by atoms with E-state index >= 15 is 0 Å². The third-order valence-corrected chi connectivity index (χ3v) is 3.99. The van der Waals surface area contributed by atoms with Crippen molar-refractivity contribution in [2.24, 2.45) is 5.92 Å². The summed E-state index contributed by atoms with van der Waals surface area (Å²) in [6.45, 7) is 5.21. The van der Waals surface area contributed by atoms with Crippen LogP contribution in [-0.2, 0) is 13.0 Å². The molecule has 2 nitrogen and oxygen atoms in total. The summed E-state index contributed by atoms with van der Waals surface area (Å²) in [5, 5.41) is 3.40. The van der Waals surface area contributed by atoms with Crippen LogP contribution in [0.1, 0.15) is 43.3 Å². The van der Waals surface area contributed by atoms with Gasteiger partial charge in [0.25, 0.3) is 0 Å². The van der Waals surface area contributed by atoms with Gasteiger partial charge in [-0.15, -0.1) is 0 Å². The monoisotopic (exact) mass is 255 g/mol. The van der Waals surface area contributed by atoms with Crippen LogP contribution in [0.3, 0.4) is 0 Å². The number of anilines is 1. The van der Waals surface area contributed by atoms with Gasteiger partial charge in [-0.05, 0) is 48.6 Å². The molecule has 0 bridgehead atoms. The molecule has 1 aromatic carbocycles. The van der Waals surface area contributed by atoms with E-state index in [-0.39, 0.29) is 0 Å². The molecule has 1 fully saturated rings. The first-order valence-corrected chi connectivity index (χ1v) is 7.17. The lowest BCUT2D eigenvalue weighted by Gasteiger charge is -2.05. The van der Waals surface area contributed by atoms with Crippen LogP contribution in [0.5, 0.6) is 0 Å². The van der Waals surface area contributed by atoms with Crippen molar-refractivity contribution in [3.8, 4) is 0 Å². The topological polar surface area (TPSA) is 25.2 Å². The predicted molar refractivity (Wildman–Crippen MR) is 78.4 cm³/mol. The fourth-order valence-electron chi connectivity index (χ4n) is 2.45. The third-order valence-electron chi connectivity index (χ3n) is 3.99. The molecule has 100 valence electrons. The van der Waals surface area contributed by atoms with E-state index in [2.05, 4.69) is 55.6 Å². The molecule has 2 atom stereocenters. The summed E-state index contributed by atoms with van der Waals surface area (Å²) in [5.41, 5.74) is 2.52. The van der Waals surface area contributed by atoms with Gasteiger partial charge < -0.3 is 9.73 Å².